The van der Waals surface area contributed by atoms with Crippen molar-refractivity contribution >= 4 is 11.9 Å². The number of hydrogen-bond donors (Lipinski definition) is 2. The lowest BCUT2D eigenvalue weighted by Gasteiger charge is -2.19. The van der Waals surface area contributed by atoms with Crippen LogP contribution in [0.5, 0.6) is 0 Å². The van der Waals surface area contributed by atoms with E-state index in [1.807, 2.05) is 0 Å². The lowest BCUT2D eigenvalue weighted by atomic mass is 9.88. The Hall–Kier alpha value is -1.10. The Bertz CT molecular complexity index is 267. The first-order chi connectivity index (χ1) is 9.01. The predicted octanol–water partition coefficient (Wildman–Crippen LogP) is 1.46. The van der Waals surface area contributed by atoms with Gasteiger partial charge in [0.25, 0.3) is 0 Å². The Kier molecular flexibility index (Phi) is 10.2. The fourth-order valence-electron chi connectivity index (χ4n) is 1.97. The molecule has 5 nitrogen and oxygen atoms in total. The van der Waals surface area contributed by atoms with Gasteiger partial charge in [-0.1, -0.05) is 13.8 Å². The van der Waals surface area contributed by atoms with Crippen LogP contribution >= 0.6 is 0 Å². The van der Waals surface area contributed by atoms with Crippen molar-refractivity contribution in [3.05, 3.63) is 0 Å². The molecule has 0 saturated heterocycles. The van der Waals surface area contributed by atoms with Crippen molar-refractivity contribution in [2.24, 2.45) is 17.6 Å². The van der Waals surface area contributed by atoms with Crippen molar-refractivity contribution in [3.63, 3.8) is 0 Å². The van der Waals surface area contributed by atoms with Crippen LogP contribution in [0.25, 0.3) is 0 Å². The highest BCUT2D eigenvalue weighted by molar-refractivity contribution is 5.77. The van der Waals surface area contributed by atoms with Crippen LogP contribution < -0.4 is 11.1 Å². The van der Waals surface area contributed by atoms with Crippen LogP contribution in [-0.4, -0.2) is 31.6 Å². The van der Waals surface area contributed by atoms with E-state index in [0.717, 1.165) is 12.8 Å². The molecule has 112 valence electrons. The van der Waals surface area contributed by atoms with Gasteiger partial charge in [-0.2, -0.15) is 0 Å². The molecule has 0 bridgehead atoms. The molecule has 0 aromatic rings. The summed E-state index contributed by atoms with van der Waals surface area (Å²) in [4.78, 5) is 22.7. The maximum atomic E-state index is 11.6. The zero-order chi connectivity index (χ0) is 14.7. The van der Waals surface area contributed by atoms with Gasteiger partial charge in [0.15, 0.2) is 0 Å². The van der Waals surface area contributed by atoms with Gasteiger partial charge in [0.05, 0.1) is 13.0 Å². The molecule has 0 saturated carbocycles. The molecule has 1 unspecified atom stereocenters. The SMILES string of the molecule is CCOC(=O)CCNC(=O)CCC(CCN)C(C)C. The normalized spacial score (nSPS) is 12.3. The fourth-order valence-corrected chi connectivity index (χ4v) is 1.97. The number of carbonyl (C=O) groups excluding carboxylic acids is 2. The molecule has 3 N–H and O–H groups in total. The molecule has 0 aromatic carbocycles. The van der Waals surface area contributed by atoms with Crippen LogP contribution in [0.4, 0.5) is 0 Å². The minimum atomic E-state index is -0.272. The summed E-state index contributed by atoms with van der Waals surface area (Å²) in [7, 11) is 0. The average Bonchev–Trinajstić information content (AvgIpc) is 2.34. The Balaban J connectivity index is 3.76. The number of nitrogens with one attached hydrogen (secondary N) is 1. The fraction of sp³-hybridized carbons (Fsp3) is 0.857. The number of hydrogen-bond acceptors (Lipinski definition) is 4. The lowest BCUT2D eigenvalue weighted by molar-refractivity contribution is -0.143. The van der Waals surface area contributed by atoms with Gasteiger partial charge in [0, 0.05) is 13.0 Å². The third kappa shape index (κ3) is 9.47. The molecule has 0 aromatic heterocycles. The van der Waals surface area contributed by atoms with E-state index in [9.17, 15) is 9.59 Å². The van der Waals surface area contributed by atoms with E-state index in [0.29, 0.717) is 38.0 Å². The Morgan fingerprint density at radius 3 is 2.42 bits per heavy atom. The van der Waals surface area contributed by atoms with E-state index in [4.69, 9.17) is 10.5 Å². The minimum absolute atomic E-state index is 0.00744. The first kappa shape index (κ1) is 17.9. The van der Waals surface area contributed by atoms with E-state index >= 15 is 0 Å². The first-order valence-corrected chi connectivity index (χ1v) is 7.13. The Labute approximate surface area is 116 Å². The van der Waals surface area contributed by atoms with Crippen LogP contribution in [0.15, 0.2) is 0 Å². The van der Waals surface area contributed by atoms with Gasteiger partial charge in [0.2, 0.25) is 5.91 Å². The smallest absolute Gasteiger partial charge is 0.307 e. The molecule has 0 fully saturated rings. The van der Waals surface area contributed by atoms with Gasteiger partial charge in [-0.05, 0) is 38.1 Å². The summed E-state index contributed by atoms with van der Waals surface area (Å²) in [6.07, 6.45) is 2.52. The van der Waals surface area contributed by atoms with E-state index in [1.165, 1.54) is 0 Å². The van der Waals surface area contributed by atoms with E-state index in [2.05, 4.69) is 19.2 Å². The molecule has 0 spiro atoms. The standard InChI is InChI=1S/C14H28N2O3/c1-4-19-14(18)8-10-16-13(17)6-5-12(7-9-15)11(2)3/h11-12H,4-10,15H2,1-3H3,(H,16,17). The third-order valence-corrected chi connectivity index (χ3v) is 3.18. The number of ether oxygens (including phenoxy) is 1. The monoisotopic (exact) mass is 272 g/mol. The van der Waals surface area contributed by atoms with Crippen molar-refractivity contribution < 1.29 is 14.3 Å². The summed E-state index contributed by atoms with van der Waals surface area (Å²) in [5, 5.41) is 2.74. The first-order valence-electron chi connectivity index (χ1n) is 7.13. The summed E-state index contributed by atoms with van der Waals surface area (Å²) < 4.78 is 4.78. The van der Waals surface area contributed by atoms with Gasteiger partial charge < -0.3 is 15.8 Å². The number of rotatable bonds is 10. The highest BCUT2D eigenvalue weighted by Crippen LogP contribution is 2.20. The zero-order valence-corrected chi connectivity index (χ0v) is 12.4. The average molecular weight is 272 g/mol. The molecule has 1 amide bonds. The summed E-state index contributed by atoms with van der Waals surface area (Å²) in [6.45, 7) is 7.45. The molecular formula is C14H28N2O3. The summed E-state index contributed by atoms with van der Waals surface area (Å²) in [5.74, 6) is 0.745. The van der Waals surface area contributed by atoms with Gasteiger partial charge >= 0.3 is 5.97 Å². The maximum Gasteiger partial charge on any atom is 0.307 e. The second-order valence-corrected chi connectivity index (χ2v) is 5.03. The van der Waals surface area contributed by atoms with E-state index in [1.54, 1.807) is 6.92 Å². The second kappa shape index (κ2) is 10.8. The second-order valence-electron chi connectivity index (χ2n) is 5.03. The van der Waals surface area contributed by atoms with Gasteiger partial charge in [-0.15, -0.1) is 0 Å². The van der Waals surface area contributed by atoms with E-state index in [-0.39, 0.29) is 18.3 Å². The predicted molar refractivity (Wildman–Crippen MR) is 75.5 cm³/mol. The molecule has 5 heteroatoms. The van der Waals surface area contributed by atoms with E-state index < -0.39 is 0 Å². The van der Waals surface area contributed by atoms with Crippen LogP contribution in [0.1, 0.15) is 46.5 Å². The van der Waals surface area contributed by atoms with Crippen LogP contribution in [0.2, 0.25) is 0 Å². The summed E-state index contributed by atoms with van der Waals surface area (Å²) in [5.41, 5.74) is 5.56. The number of amides is 1. The largest absolute Gasteiger partial charge is 0.466 e. The minimum Gasteiger partial charge on any atom is -0.466 e. The molecule has 0 rings (SSSR count). The Morgan fingerprint density at radius 1 is 1.21 bits per heavy atom. The number of esters is 1. The highest BCUT2D eigenvalue weighted by atomic mass is 16.5. The molecule has 19 heavy (non-hydrogen) atoms. The summed E-state index contributed by atoms with van der Waals surface area (Å²) >= 11 is 0. The molecule has 0 aliphatic rings. The van der Waals surface area contributed by atoms with Crippen LogP contribution in [-0.2, 0) is 14.3 Å². The molecule has 0 aliphatic carbocycles. The number of nitrogens with two attached hydrogens (primary N) is 1. The van der Waals surface area contributed by atoms with Crippen LogP contribution in [0.3, 0.4) is 0 Å². The van der Waals surface area contributed by atoms with Crippen molar-refractivity contribution in [1.29, 1.82) is 0 Å². The molecule has 1 atom stereocenters. The maximum absolute atomic E-state index is 11.6. The van der Waals surface area contributed by atoms with Crippen molar-refractivity contribution in [1.82, 2.24) is 5.32 Å². The topological polar surface area (TPSA) is 81.4 Å². The van der Waals surface area contributed by atoms with Crippen LogP contribution in [0, 0.1) is 11.8 Å². The molecule has 0 heterocycles. The van der Waals surface area contributed by atoms with Gasteiger partial charge in [-0.25, -0.2) is 0 Å². The molecular weight excluding hydrogens is 244 g/mol. The molecule has 0 aliphatic heterocycles. The van der Waals surface area contributed by atoms with Gasteiger partial charge in [-0.3, -0.25) is 9.59 Å². The lowest BCUT2D eigenvalue weighted by Crippen LogP contribution is -2.27. The summed E-state index contributed by atoms with van der Waals surface area (Å²) in [6, 6.07) is 0. The Morgan fingerprint density at radius 2 is 1.89 bits per heavy atom. The quantitative estimate of drug-likeness (QED) is 0.590. The number of carbonyl (C=O) groups is 2. The van der Waals surface area contributed by atoms with Gasteiger partial charge in [0.1, 0.15) is 0 Å². The van der Waals surface area contributed by atoms with Crippen molar-refractivity contribution in [3.8, 4) is 0 Å². The van der Waals surface area contributed by atoms with Crippen molar-refractivity contribution in [2.75, 3.05) is 19.7 Å². The zero-order valence-electron chi connectivity index (χ0n) is 12.4. The third-order valence-electron chi connectivity index (χ3n) is 3.18. The molecule has 0 radical (unpaired) electrons. The van der Waals surface area contributed by atoms with Crippen molar-refractivity contribution in [2.45, 2.75) is 46.5 Å². The highest BCUT2D eigenvalue weighted by Gasteiger charge is 2.14.